The van der Waals surface area contributed by atoms with Crippen molar-refractivity contribution in [3.8, 4) is 5.75 Å². The average molecular weight is 395 g/mol. The summed E-state index contributed by atoms with van der Waals surface area (Å²) in [6.45, 7) is 4.76. The van der Waals surface area contributed by atoms with Crippen molar-refractivity contribution in [3.05, 3.63) is 22.2 Å². The van der Waals surface area contributed by atoms with E-state index in [-0.39, 0.29) is 22.4 Å². The summed E-state index contributed by atoms with van der Waals surface area (Å²) in [6, 6.07) is 2.92. The van der Waals surface area contributed by atoms with E-state index in [1.807, 2.05) is 13.8 Å². The Morgan fingerprint density at radius 1 is 1.17 bits per heavy atom. The molecular weight excluding hydrogens is 375 g/mol. The Bertz CT molecular complexity index is 636. The number of amides is 2. The summed E-state index contributed by atoms with van der Waals surface area (Å²) >= 11 is 11.9. The molecule has 1 aromatic rings. The molecule has 0 bridgehead atoms. The lowest BCUT2D eigenvalue weighted by molar-refractivity contribution is -0.128. The molecule has 1 aromatic carbocycles. The number of hydrogen-bond donors (Lipinski definition) is 1. The monoisotopic (exact) mass is 394 g/mol. The van der Waals surface area contributed by atoms with E-state index in [4.69, 9.17) is 27.9 Å². The highest BCUT2D eigenvalue weighted by atomic mass is 35.5. The SMILES string of the molecule is CCN(CC)C(=O)CS(=O)CC(=O)Nc1cc(OC)c(Cl)cc1Cl. The summed E-state index contributed by atoms with van der Waals surface area (Å²) < 4.78 is 17.0. The minimum Gasteiger partial charge on any atom is -0.495 e. The van der Waals surface area contributed by atoms with Gasteiger partial charge in [-0.05, 0) is 19.9 Å². The number of benzene rings is 1. The third-order valence-electron chi connectivity index (χ3n) is 3.21. The number of methoxy groups -OCH3 is 1. The smallest absolute Gasteiger partial charge is 0.237 e. The van der Waals surface area contributed by atoms with Gasteiger partial charge in [0.15, 0.2) is 0 Å². The van der Waals surface area contributed by atoms with Gasteiger partial charge >= 0.3 is 0 Å². The first-order valence-corrected chi connectivity index (χ1v) is 9.52. The maximum Gasteiger partial charge on any atom is 0.237 e. The van der Waals surface area contributed by atoms with Crippen LogP contribution in [-0.2, 0) is 20.4 Å². The second-order valence-corrected chi connectivity index (χ2v) is 7.08. The summed E-state index contributed by atoms with van der Waals surface area (Å²) in [5.41, 5.74) is 0.301. The van der Waals surface area contributed by atoms with Crippen LogP contribution in [0.4, 0.5) is 5.69 Å². The lowest BCUT2D eigenvalue weighted by Crippen LogP contribution is -2.35. The van der Waals surface area contributed by atoms with Gasteiger partial charge in [-0.3, -0.25) is 13.8 Å². The normalized spacial score (nSPS) is 11.7. The molecule has 0 aromatic heterocycles. The van der Waals surface area contributed by atoms with Crippen molar-refractivity contribution in [2.45, 2.75) is 13.8 Å². The maximum atomic E-state index is 12.0. The molecular formula is C15H20Cl2N2O4S. The van der Waals surface area contributed by atoms with E-state index >= 15 is 0 Å². The van der Waals surface area contributed by atoms with Crippen molar-refractivity contribution in [1.82, 2.24) is 4.90 Å². The summed E-state index contributed by atoms with van der Waals surface area (Å²) in [6.07, 6.45) is 0. The van der Waals surface area contributed by atoms with Crippen LogP contribution in [0.3, 0.4) is 0 Å². The van der Waals surface area contributed by atoms with Gasteiger partial charge < -0.3 is 15.0 Å². The Balaban J connectivity index is 2.66. The highest BCUT2D eigenvalue weighted by Gasteiger charge is 2.17. The molecule has 2 amide bonds. The molecule has 0 saturated heterocycles. The third-order valence-corrected chi connectivity index (χ3v) is 4.97. The molecule has 0 saturated carbocycles. The van der Waals surface area contributed by atoms with Crippen LogP contribution in [-0.4, -0.2) is 52.6 Å². The van der Waals surface area contributed by atoms with Crippen LogP contribution in [0.5, 0.6) is 5.75 Å². The lowest BCUT2D eigenvalue weighted by Gasteiger charge is -2.18. The van der Waals surface area contributed by atoms with Gasteiger partial charge in [-0.15, -0.1) is 0 Å². The molecule has 0 aliphatic rings. The predicted molar refractivity (Wildman–Crippen MR) is 97.4 cm³/mol. The molecule has 24 heavy (non-hydrogen) atoms. The lowest BCUT2D eigenvalue weighted by atomic mass is 10.3. The second-order valence-electron chi connectivity index (χ2n) is 4.81. The minimum atomic E-state index is -1.60. The Hall–Kier alpha value is -1.31. The molecule has 1 N–H and O–H groups in total. The number of halogens is 2. The minimum absolute atomic E-state index is 0.188. The van der Waals surface area contributed by atoms with Gasteiger partial charge in [-0.2, -0.15) is 0 Å². The fourth-order valence-electron chi connectivity index (χ4n) is 1.97. The molecule has 1 unspecified atom stereocenters. The zero-order chi connectivity index (χ0) is 18.3. The molecule has 0 radical (unpaired) electrons. The summed E-state index contributed by atoms with van der Waals surface area (Å²) in [7, 11) is -0.160. The van der Waals surface area contributed by atoms with E-state index < -0.39 is 16.7 Å². The Kier molecular flexibility index (Phi) is 8.52. The second kappa shape index (κ2) is 9.86. The van der Waals surface area contributed by atoms with Crippen molar-refractivity contribution in [2.24, 2.45) is 0 Å². The Morgan fingerprint density at radius 3 is 2.33 bits per heavy atom. The standard InChI is InChI=1S/C15H20Cl2N2O4S/c1-4-19(5-2)15(21)9-24(22)8-14(20)18-12-7-13(23-3)11(17)6-10(12)16/h6-7H,4-5,8-9H2,1-3H3,(H,18,20). The van der Waals surface area contributed by atoms with Crippen LogP contribution < -0.4 is 10.1 Å². The van der Waals surface area contributed by atoms with E-state index in [1.165, 1.54) is 19.2 Å². The number of nitrogens with zero attached hydrogens (tertiary/aromatic N) is 1. The van der Waals surface area contributed by atoms with Gasteiger partial charge in [0.25, 0.3) is 0 Å². The molecule has 0 heterocycles. The summed E-state index contributed by atoms with van der Waals surface area (Å²) in [5.74, 6) is -0.875. The van der Waals surface area contributed by atoms with E-state index in [9.17, 15) is 13.8 Å². The van der Waals surface area contributed by atoms with Crippen LogP contribution in [0.15, 0.2) is 12.1 Å². The largest absolute Gasteiger partial charge is 0.495 e. The predicted octanol–water partition coefficient (Wildman–Crippen LogP) is 2.56. The van der Waals surface area contributed by atoms with Gasteiger partial charge in [-0.1, -0.05) is 23.2 Å². The molecule has 1 rings (SSSR count). The first-order valence-electron chi connectivity index (χ1n) is 7.27. The summed E-state index contributed by atoms with van der Waals surface area (Å²) in [4.78, 5) is 25.4. The zero-order valence-electron chi connectivity index (χ0n) is 13.7. The highest BCUT2D eigenvalue weighted by Crippen LogP contribution is 2.33. The number of hydrogen-bond acceptors (Lipinski definition) is 4. The number of rotatable bonds is 8. The molecule has 1 atom stereocenters. The Labute approximate surface area is 153 Å². The van der Waals surface area contributed by atoms with Crippen LogP contribution >= 0.6 is 23.2 Å². The van der Waals surface area contributed by atoms with E-state index in [0.717, 1.165) is 0 Å². The van der Waals surface area contributed by atoms with Crippen LogP contribution in [0.2, 0.25) is 10.0 Å². The van der Waals surface area contributed by atoms with Crippen molar-refractivity contribution in [1.29, 1.82) is 0 Å². The molecule has 6 nitrogen and oxygen atoms in total. The first-order chi connectivity index (χ1) is 11.3. The molecule has 0 fully saturated rings. The molecule has 9 heteroatoms. The van der Waals surface area contributed by atoms with Gasteiger partial charge in [-0.25, -0.2) is 0 Å². The molecule has 0 spiro atoms. The van der Waals surface area contributed by atoms with Gasteiger partial charge in [0, 0.05) is 30.0 Å². The van der Waals surface area contributed by atoms with Crippen molar-refractivity contribution in [3.63, 3.8) is 0 Å². The van der Waals surface area contributed by atoms with Gasteiger partial charge in [0.1, 0.15) is 17.3 Å². The van der Waals surface area contributed by atoms with Crippen LogP contribution in [0.1, 0.15) is 13.8 Å². The molecule has 134 valence electrons. The quantitative estimate of drug-likeness (QED) is 0.734. The number of anilines is 1. The van der Waals surface area contributed by atoms with Crippen LogP contribution in [0.25, 0.3) is 0 Å². The van der Waals surface area contributed by atoms with E-state index in [2.05, 4.69) is 5.32 Å². The number of nitrogens with one attached hydrogen (secondary N) is 1. The number of carbonyl (C=O) groups excluding carboxylic acids is 2. The third kappa shape index (κ3) is 5.96. The van der Waals surface area contributed by atoms with Crippen molar-refractivity contribution >= 4 is 51.5 Å². The van der Waals surface area contributed by atoms with Gasteiger partial charge in [0.05, 0.1) is 22.8 Å². The Morgan fingerprint density at radius 2 is 1.79 bits per heavy atom. The van der Waals surface area contributed by atoms with Gasteiger partial charge in [0.2, 0.25) is 11.8 Å². The van der Waals surface area contributed by atoms with Crippen LogP contribution in [0, 0.1) is 0 Å². The fraction of sp³-hybridized carbons (Fsp3) is 0.467. The van der Waals surface area contributed by atoms with E-state index in [0.29, 0.717) is 29.5 Å². The molecule has 0 aliphatic carbocycles. The van der Waals surface area contributed by atoms with Crippen molar-refractivity contribution < 1.29 is 18.5 Å². The zero-order valence-corrected chi connectivity index (χ0v) is 16.1. The maximum absolute atomic E-state index is 12.0. The topological polar surface area (TPSA) is 75.7 Å². The molecule has 0 aliphatic heterocycles. The fourth-order valence-corrected chi connectivity index (χ4v) is 3.40. The first kappa shape index (κ1) is 20.7. The number of ether oxygens (including phenoxy) is 1. The van der Waals surface area contributed by atoms with E-state index in [1.54, 1.807) is 4.90 Å². The average Bonchev–Trinajstić information content (AvgIpc) is 2.50. The number of carbonyl (C=O) groups is 2. The summed E-state index contributed by atoms with van der Waals surface area (Å²) in [5, 5.41) is 3.10. The highest BCUT2D eigenvalue weighted by molar-refractivity contribution is 7.86. The van der Waals surface area contributed by atoms with Crippen molar-refractivity contribution in [2.75, 3.05) is 37.0 Å².